The van der Waals surface area contributed by atoms with Gasteiger partial charge in [-0.2, -0.15) is 0 Å². The molecule has 0 aliphatic carbocycles. The van der Waals surface area contributed by atoms with Gasteiger partial charge in [-0.3, -0.25) is 4.48 Å². The van der Waals surface area contributed by atoms with E-state index in [2.05, 4.69) is 54.0 Å². The van der Waals surface area contributed by atoms with Crippen molar-refractivity contribution < 1.29 is 9.90 Å². The van der Waals surface area contributed by atoms with Crippen molar-refractivity contribution in [1.82, 2.24) is 4.48 Å². The number of halogens is 1. The van der Waals surface area contributed by atoms with E-state index in [0.29, 0.717) is 17.9 Å². The molecule has 1 atom stereocenters. The van der Waals surface area contributed by atoms with Crippen LogP contribution in [0.1, 0.15) is 26.7 Å². The molecule has 0 spiro atoms. The number of aliphatic carboxylic acids is 1. The molecule has 1 N–H and O–H groups in total. The van der Waals surface area contributed by atoms with Crippen molar-refractivity contribution >= 4 is 27.6 Å². The summed E-state index contributed by atoms with van der Waals surface area (Å²) in [7, 11) is 0. The largest absolute Gasteiger partial charge is 0.478 e. The fourth-order valence-corrected chi connectivity index (χ4v) is 3.75. The lowest BCUT2D eigenvalue weighted by atomic mass is 10.0. The fraction of sp³-hybridized carbons (Fsp3) is 0.389. The van der Waals surface area contributed by atoms with E-state index >= 15 is 0 Å². The maximum absolute atomic E-state index is 11.2. The molecule has 0 saturated carbocycles. The molecule has 2 rings (SSSR count). The number of hydrogen-bond acceptors (Lipinski definition) is 1. The Labute approximate surface area is 140 Å². The zero-order valence-corrected chi connectivity index (χ0v) is 14.7. The lowest BCUT2D eigenvalue weighted by Crippen LogP contribution is -2.50. The van der Waals surface area contributed by atoms with Gasteiger partial charge in [-0.25, -0.2) is 4.79 Å². The molecule has 3 nitrogen and oxygen atoms in total. The molecule has 0 fully saturated rings. The van der Waals surface area contributed by atoms with E-state index in [1.165, 1.54) is 5.69 Å². The number of quaternary nitrogens is 1. The van der Waals surface area contributed by atoms with Gasteiger partial charge in [0.15, 0.2) is 4.61 Å². The summed E-state index contributed by atoms with van der Waals surface area (Å²) in [5.74, 6) is -0.288. The Balaban J connectivity index is 2.51. The molecule has 0 radical (unpaired) electrons. The van der Waals surface area contributed by atoms with Crippen LogP contribution in [0.15, 0.2) is 52.7 Å². The lowest BCUT2D eigenvalue weighted by Gasteiger charge is -2.39. The first-order chi connectivity index (χ1) is 10.5. The van der Waals surface area contributed by atoms with Crippen molar-refractivity contribution in [1.29, 1.82) is 0 Å². The van der Waals surface area contributed by atoms with Crippen molar-refractivity contribution in [3.8, 4) is 0 Å². The molecule has 0 bridgehead atoms. The molecule has 22 heavy (non-hydrogen) atoms. The summed E-state index contributed by atoms with van der Waals surface area (Å²) in [6.45, 7) is 6.32. The Bertz CT molecular complexity index is 592. The standard InChI is InChI=1S/C18H22BrNO2/c1-14(2)13-20(16-8-4-3-5-9-16)12-6-7-15(18(21)22)10-11-17(20)19/h3-5,8-11,14H,6-7,12-13H2,1-2H3/p+1. The smallest absolute Gasteiger partial charge is 0.331 e. The third-order valence-corrected chi connectivity index (χ3v) is 4.96. The lowest BCUT2D eigenvalue weighted by molar-refractivity contribution is -0.132. The average molecular weight is 365 g/mol. The summed E-state index contributed by atoms with van der Waals surface area (Å²) < 4.78 is 1.76. The number of carboxylic acids is 1. The Morgan fingerprint density at radius 1 is 1.27 bits per heavy atom. The summed E-state index contributed by atoms with van der Waals surface area (Å²) in [5, 5.41) is 9.22. The highest BCUT2D eigenvalue weighted by atomic mass is 79.9. The molecular formula is C18H23BrNO2+. The normalized spacial score (nSPS) is 22.5. The van der Waals surface area contributed by atoms with Crippen LogP contribution in [0.5, 0.6) is 0 Å². The van der Waals surface area contributed by atoms with E-state index in [4.69, 9.17) is 0 Å². The van der Waals surface area contributed by atoms with Crippen molar-refractivity contribution in [2.24, 2.45) is 5.92 Å². The minimum absolute atomic E-state index is 0.479. The molecule has 1 unspecified atom stereocenters. The van der Waals surface area contributed by atoms with Gasteiger partial charge in [0.25, 0.3) is 0 Å². The second-order valence-corrected chi connectivity index (χ2v) is 7.01. The summed E-state index contributed by atoms with van der Waals surface area (Å²) in [6, 6.07) is 10.5. The van der Waals surface area contributed by atoms with Gasteiger partial charge in [0.1, 0.15) is 5.69 Å². The number of carboxylic acid groups (broad SMARTS) is 1. The zero-order chi connectivity index (χ0) is 16.2. The second-order valence-electron chi connectivity index (χ2n) is 6.19. The molecular weight excluding hydrogens is 342 g/mol. The third-order valence-electron chi connectivity index (χ3n) is 4.02. The molecule has 118 valence electrons. The van der Waals surface area contributed by atoms with Gasteiger partial charge < -0.3 is 5.11 Å². The maximum atomic E-state index is 11.2. The topological polar surface area (TPSA) is 37.3 Å². The van der Waals surface area contributed by atoms with Gasteiger partial charge >= 0.3 is 5.97 Å². The minimum atomic E-state index is -0.819. The van der Waals surface area contributed by atoms with Gasteiger partial charge in [-0.05, 0) is 24.6 Å². The predicted molar refractivity (Wildman–Crippen MR) is 94.8 cm³/mol. The maximum Gasteiger partial charge on any atom is 0.331 e. The summed E-state index contributed by atoms with van der Waals surface area (Å²) in [6.07, 6.45) is 5.11. The van der Waals surface area contributed by atoms with E-state index < -0.39 is 5.97 Å². The van der Waals surface area contributed by atoms with Crippen LogP contribution in [-0.4, -0.2) is 24.2 Å². The summed E-state index contributed by atoms with van der Waals surface area (Å²) in [5.41, 5.74) is 1.72. The average Bonchev–Trinajstić information content (AvgIpc) is 2.47. The van der Waals surface area contributed by atoms with Gasteiger partial charge in [-0.1, -0.05) is 32.0 Å². The first-order valence-corrected chi connectivity index (χ1v) is 8.48. The number of nitrogens with zero attached hydrogens (tertiary/aromatic N) is 1. The van der Waals surface area contributed by atoms with Crippen LogP contribution in [0.25, 0.3) is 0 Å². The minimum Gasteiger partial charge on any atom is -0.478 e. The van der Waals surface area contributed by atoms with Crippen LogP contribution in [0.4, 0.5) is 5.69 Å². The van der Waals surface area contributed by atoms with E-state index in [9.17, 15) is 9.90 Å². The number of benzene rings is 1. The molecule has 4 heteroatoms. The van der Waals surface area contributed by atoms with E-state index in [1.54, 1.807) is 6.08 Å². The monoisotopic (exact) mass is 364 g/mol. The molecule has 1 aliphatic rings. The fourth-order valence-electron chi connectivity index (χ4n) is 3.09. The SMILES string of the molecule is CC(C)C[N+]1(c2ccccc2)CCCC(C(=O)O)=CC=C1Br. The molecule has 1 aliphatic heterocycles. The number of para-hydroxylation sites is 1. The van der Waals surface area contributed by atoms with Crippen LogP contribution in [0.2, 0.25) is 0 Å². The Morgan fingerprint density at radius 3 is 2.55 bits per heavy atom. The van der Waals surface area contributed by atoms with Gasteiger partial charge in [0.05, 0.1) is 13.1 Å². The molecule has 1 aromatic carbocycles. The molecule has 0 amide bonds. The van der Waals surface area contributed by atoms with Crippen molar-refractivity contribution in [3.63, 3.8) is 0 Å². The van der Waals surface area contributed by atoms with Crippen molar-refractivity contribution in [2.45, 2.75) is 26.7 Å². The highest BCUT2D eigenvalue weighted by molar-refractivity contribution is 9.11. The number of rotatable bonds is 4. The van der Waals surface area contributed by atoms with Crippen LogP contribution >= 0.6 is 15.9 Å². The van der Waals surface area contributed by atoms with Gasteiger partial charge in [-0.15, -0.1) is 0 Å². The Hall–Kier alpha value is -1.39. The van der Waals surface area contributed by atoms with Crippen LogP contribution in [0, 0.1) is 5.92 Å². The Morgan fingerprint density at radius 2 is 1.95 bits per heavy atom. The first-order valence-electron chi connectivity index (χ1n) is 7.68. The van der Waals surface area contributed by atoms with Crippen LogP contribution in [0.3, 0.4) is 0 Å². The predicted octanol–water partition coefficient (Wildman–Crippen LogP) is 4.69. The molecule has 0 aromatic heterocycles. The highest BCUT2D eigenvalue weighted by Gasteiger charge is 2.35. The van der Waals surface area contributed by atoms with Crippen LogP contribution in [-0.2, 0) is 4.79 Å². The Kier molecular flexibility index (Phi) is 5.59. The highest BCUT2D eigenvalue weighted by Crippen LogP contribution is 2.35. The first kappa shape index (κ1) is 17.0. The van der Waals surface area contributed by atoms with Crippen molar-refractivity contribution in [2.75, 3.05) is 13.1 Å². The summed E-state index contributed by atoms with van der Waals surface area (Å²) in [4.78, 5) is 11.2. The quantitative estimate of drug-likeness (QED) is 0.621. The van der Waals surface area contributed by atoms with E-state index in [-0.39, 0.29) is 0 Å². The number of carbonyl (C=O) groups is 1. The van der Waals surface area contributed by atoms with Crippen LogP contribution < -0.4 is 4.48 Å². The second kappa shape index (κ2) is 7.25. The van der Waals surface area contributed by atoms with E-state index in [1.807, 2.05) is 12.1 Å². The van der Waals surface area contributed by atoms with Gasteiger partial charge in [0.2, 0.25) is 0 Å². The zero-order valence-electron chi connectivity index (χ0n) is 13.1. The third kappa shape index (κ3) is 3.68. The van der Waals surface area contributed by atoms with E-state index in [0.717, 1.165) is 28.6 Å². The summed E-state index contributed by atoms with van der Waals surface area (Å²) >= 11 is 3.73. The number of allylic oxidation sites excluding steroid dienone is 2. The number of hydrogen-bond donors (Lipinski definition) is 1. The molecule has 0 saturated heterocycles. The van der Waals surface area contributed by atoms with Crippen molar-refractivity contribution in [3.05, 3.63) is 52.7 Å². The van der Waals surface area contributed by atoms with Gasteiger partial charge in [0, 0.05) is 39.9 Å². The molecule has 1 aromatic rings. The molecule has 1 heterocycles.